The Morgan fingerprint density at radius 2 is 0.750 bits per heavy atom. The molecule has 0 radical (unpaired) electrons. The summed E-state index contributed by atoms with van der Waals surface area (Å²) >= 11 is 0. The summed E-state index contributed by atoms with van der Waals surface area (Å²) in [7, 11) is 0. The Morgan fingerprint density at radius 1 is 0.375 bits per heavy atom. The Balaban J connectivity index is 4.40. The van der Waals surface area contributed by atoms with Crippen molar-refractivity contribution in [2.75, 3.05) is 13.2 Å². The number of rotatable bonds is 38. The van der Waals surface area contributed by atoms with Crippen molar-refractivity contribution < 1.29 is 28.6 Å². The molecule has 0 aromatic heterocycles. The smallest absolute Gasteiger partial charge is 0.306 e. The first-order valence-electron chi connectivity index (χ1n) is 22.2. The van der Waals surface area contributed by atoms with Gasteiger partial charge in [0.1, 0.15) is 13.2 Å². The van der Waals surface area contributed by atoms with Crippen molar-refractivity contribution in [1.82, 2.24) is 0 Å². The summed E-state index contributed by atoms with van der Waals surface area (Å²) in [5, 5.41) is 0. The molecule has 0 saturated heterocycles. The zero-order valence-electron chi connectivity index (χ0n) is 35.9. The van der Waals surface area contributed by atoms with E-state index in [1.807, 2.05) is 12.2 Å². The third-order valence-electron chi connectivity index (χ3n) is 8.84. The average molecular weight is 777 g/mol. The van der Waals surface area contributed by atoms with Gasteiger partial charge in [0.05, 0.1) is 0 Å². The second-order valence-corrected chi connectivity index (χ2v) is 14.2. The fourth-order valence-corrected chi connectivity index (χ4v) is 5.48. The Morgan fingerprint density at radius 3 is 1.25 bits per heavy atom. The molecule has 1 atom stereocenters. The number of ether oxygens (including phenoxy) is 3. The maximum Gasteiger partial charge on any atom is 0.306 e. The van der Waals surface area contributed by atoms with Crippen molar-refractivity contribution >= 4 is 17.9 Å². The van der Waals surface area contributed by atoms with E-state index in [0.29, 0.717) is 19.3 Å². The van der Waals surface area contributed by atoms with E-state index in [-0.39, 0.29) is 37.5 Å². The van der Waals surface area contributed by atoms with E-state index >= 15 is 0 Å². The van der Waals surface area contributed by atoms with Crippen LogP contribution in [0.25, 0.3) is 0 Å². The van der Waals surface area contributed by atoms with Gasteiger partial charge in [-0.15, -0.1) is 0 Å². The number of carbonyl (C=O) groups is 3. The second-order valence-electron chi connectivity index (χ2n) is 14.2. The maximum absolute atomic E-state index is 12.7. The first-order chi connectivity index (χ1) is 27.5. The SMILES string of the molecule is CC/C=C\C/C=C\C/C=C\C/C=C\C/C=C\C/C=C\CCC(=O)OCC(COC(=O)CCCCCCC)OC(=O)CCCCCCC/C=C\C/C=C\CCCC. The van der Waals surface area contributed by atoms with Crippen molar-refractivity contribution in [3.05, 3.63) is 97.2 Å². The monoisotopic (exact) mass is 777 g/mol. The summed E-state index contributed by atoms with van der Waals surface area (Å²) in [6.07, 6.45) is 57.2. The lowest BCUT2D eigenvalue weighted by molar-refractivity contribution is -0.166. The number of unbranched alkanes of at least 4 members (excludes halogenated alkanes) is 11. The van der Waals surface area contributed by atoms with Crippen LogP contribution in [0.2, 0.25) is 0 Å². The molecule has 316 valence electrons. The Hall–Kier alpha value is -3.67. The van der Waals surface area contributed by atoms with Gasteiger partial charge in [0.2, 0.25) is 0 Å². The Bertz CT molecular complexity index is 1170. The van der Waals surface area contributed by atoms with Gasteiger partial charge in [0.15, 0.2) is 6.10 Å². The molecule has 0 fully saturated rings. The van der Waals surface area contributed by atoms with Gasteiger partial charge in [0.25, 0.3) is 0 Å². The van der Waals surface area contributed by atoms with Gasteiger partial charge in [0, 0.05) is 19.3 Å². The molecule has 0 aliphatic heterocycles. The van der Waals surface area contributed by atoms with Crippen LogP contribution in [0.1, 0.15) is 181 Å². The van der Waals surface area contributed by atoms with Crippen molar-refractivity contribution in [3.8, 4) is 0 Å². The Kier molecular flexibility index (Phi) is 41.2. The third-order valence-corrected chi connectivity index (χ3v) is 8.84. The van der Waals surface area contributed by atoms with Gasteiger partial charge in [-0.2, -0.15) is 0 Å². The van der Waals surface area contributed by atoms with E-state index in [1.54, 1.807) is 0 Å². The van der Waals surface area contributed by atoms with E-state index in [4.69, 9.17) is 14.2 Å². The molecule has 0 aliphatic carbocycles. The molecule has 1 unspecified atom stereocenters. The number of hydrogen-bond donors (Lipinski definition) is 0. The molecule has 6 heteroatoms. The lowest BCUT2D eigenvalue weighted by Gasteiger charge is -2.18. The zero-order valence-corrected chi connectivity index (χ0v) is 35.9. The minimum absolute atomic E-state index is 0.109. The van der Waals surface area contributed by atoms with E-state index in [1.165, 1.54) is 19.3 Å². The van der Waals surface area contributed by atoms with Crippen LogP contribution in [0.3, 0.4) is 0 Å². The van der Waals surface area contributed by atoms with Crippen molar-refractivity contribution in [3.63, 3.8) is 0 Å². The first-order valence-corrected chi connectivity index (χ1v) is 22.2. The minimum atomic E-state index is -0.811. The number of esters is 3. The van der Waals surface area contributed by atoms with E-state index in [9.17, 15) is 14.4 Å². The van der Waals surface area contributed by atoms with E-state index < -0.39 is 6.10 Å². The average Bonchev–Trinajstić information content (AvgIpc) is 3.19. The number of carbonyl (C=O) groups excluding carboxylic acids is 3. The predicted molar refractivity (Wildman–Crippen MR) is 237 cm³/mol. The summed E-state index contributed by atoms with van der Waals surface area (Å²) < 4.78 is 16.5. The lowest BCUT2D eigenvalue weighted by Crippen LogP contribution is -2.30. The van der Waals surface area contributed by atoms with Crippen LogP contribution in [0.4, 0.5) is 0 Å². The van der Waals surface area contributed by atoms with E-state index in [2.05, 4.69) is 106 Å². The van der Waals surface area contributed by atoms with Gasteiger partial charge >= 0.3 is 17.9 Å². The van der Waals surface area contributed by atoms with Crippen LogP contribution < -0.4 is 0 Å². The normalized spacial score (nSPS) is 13.0. The standard InChI is InChI=1S/C50H80O6/c1-4-7-10-13-15-17-19-21-23-24-25-26-27-29-30-32-34-37-40-43-49(52)55-46-47(45-54-48(51)42-39-36-12-9-6-3)56-50(53)44-41-38-35-33-31-28-22-20-18-16-14-11-8-5-2/h7,10,14-17,20-23,25-26,29-30,34,37,47H,4-6,8-9,11-13,18-19,24,27-28,31-33,35-36,38-46H2,1-3H3/b10-7-,16-14-,17-15-,22-20-,23-21-,26-25-,30-29-,37-34-. The second kappa shape index (κ2) is 44.0. The van der Waals surface area contributed by atoms with Crippen molar-refractivity contribution in [2.24, 2.45) is 0 Å². The van der Waals surface area contributed by atoms with Gasteiger partial charge in [-0.05, 0) is 83.5 Å². The highest BCUT2D eigenvalue weighted by Crippen LogP contribution is 2.11. The summed E-state index contributed by atoms with van der Waals surface area (Å²) in [5.41, 5.74) is 0. The van der Waals surface area contributed by atoms with Gasteiger partial charge < -0.3 is 14.2 Å². The van der Waals surface area contributed by atoms with Crippen LogP contribution >= 0.6 is 0 Å². The summed E-state index contributed by atoms with van der Waals surface area (Å²) in [6, 6.07) is 0. The fraction of sp³-hybridized carbons (Fsp3) is 0.620. The van der Waals surface area contributed by atoms with Crippen LogP contribution in [0.15, 0.2) is 97.2 Å². The molecule has 0 spiro atoms. The van der Waals surface area contributed by atoms with Gasteiger partial charge in [-0.3, -0.25) is 14.4 Å². The molecule has 6 nitrogen and oxygen atoms in total. The molecule has 0 bridgehead atoms. The van der Waals surface area contributed by atoms with Crippen LogP contribution in [0, 0.1) is 0 Å². The highest BCUT2D eigenvalue weighted by atomic mass is 16.6. The minimum Gasteiger partial charge on any atom is -0.462 e. The van der Waals surface area contributed by atoms with Crippen LogP contribution in [-0.4, -0.2) is 37.2 Å². The highest BCUT2D eigenvalue weighted by Gasteiger charge is 2.19. The number of allylic oxidation sites excluding steroid dienone is 16. The first kappa shape index (κ1) is 52.3. The lowest BCUT2D eigenvalue weighted by atomic mass is 10.1. The summed E-state index contributed by atoms with van der Waals surface area (Å²) in [6.45, 7) is 6.28. The summed E-state index contributed by atoms with van der Waals surface area (Å²) in [4.78, 5) is 37.4. The quantitative estimate of drug-likeness (QED) is 0.0269. The molecule has 0 heterocycles. The molecule has 0 N–H and O–H groups in total. The van der Waals surface area contributed by atoms with Crippen molar-refractivity contribution in [1.29, 1.82) is 0 Å². The van der Waals surface area contributed by atoms with Crippen LogP contribution in [0.5, 0.6) is 0 Å². The summed E-state index contributed by atoms with van der Waals surface area (Å²) in [5.74, 6) is -1.04. The van der Waals surface area contributed by atoms with E-state index in [0.717, 1.165) is 116 Å². The zero-order chi connectivity index (χ0) is 40.8. The number of hydrogen-bond acceptors (Lipinski definition) is 6. The molecular weight excluding hydrogens is 697 g/mol. The molecular formula is C50H80O6. The molecule has 0 rings (SSSR count). The predicted octanol–water partition coefficient (Wildman–Crippen LogP) is 14.2. The van der Waals surface area contributed by atoms with Crippen molar-refractivity contribution in [2.45, 2.75) is 187 Å². The molecule has 0 saturated carbocycles. The maximum atomic E-state index is 12.7. The van der Waals surface area contributed by atoms with Gasteiger partial charge in [-0.25, -0.2) is 0 Å². The molecule has 0 amide bonds. The van der Waals surface area contributed by atoms with Crippen LogP contribution in [-0.2, 0) is 28.6 Å². The topological polar surface area (TPSA) is 78.9 Å². The third kappa shape index (κ3) is 41.5. The molecule has 0 aliphatic rings. The fourth-order valence-electron chi connectivity index (χ4n) is 5.48. The van der Waals surface area contributed by atoms with Gasteiger partial charge in [-0.1, -0.05) is 176 Å². The highest BCUT2D eigenvalue weighted by molar-refractivity contribution is 5.71. The largest absolute Gasteiger partial charge is 0.462 e. The Labute approximate surface area is 343 Å². The molecule has 56 heavy (non-hydrogen) atoms. The molecule has 0 aromatic rings. The molecule has 0 aromatic carbocycles.